The number of nitriles is 1. The molecule has 1 aromatic rings. The summed E-state index contributed by atoms with van der Waals surface area (Å²) in [6, 6.07) is 4.69. The van der Waals surface area contributed by atoms with Gasteiger partial charge in [0.1, 0.15) is 15.2 Å². The van der Waals surface area contributed by atoms with Crippen molar-refractivity contribution in [3.63, 3.8) is 0 Å². The molecular weight excluding hydrogens is 292 g/mol. The van der Waals surface area contributed by atoms with Crippen molar-refractivity contribution >= 4 is 33.0 Å². The molecule has 0 aliphatic heterocycles. The smallest absolute Gasteiger partial charge is 0.206 e. The van der Waals surface area contributed by atoms with Crippen LogP contribution in [0.3, 0.4) is 0 Å². The van der Waals surface area contributed by atoms with Gasteiger partial charge in [-0.05, 0) is 25.0 Å². The normalized spacial score (nSPS) is 24.7. The molecular formula is C11H13ClN2O2S2. The van der Waals surface area contributed by atoms with Crippen LogP contribution < -0.4 is 4.72 Å². The van der Waals surface area contributed by atoms with Crippen LogP contribution in [0, 0.1) is 11.3 Å². The average Bonchev–Trinajstić information content (AvgIpc) is 2.81. The highest BCUT2D eigenvalue weighted by Crippen LogP contribution is 2.26. The van der Waals surface area contributed by atoms with Gasteiger partial charge >= 0.3 is 0 Å². The van der Waals surface area contributed by atoms with Crippen LogP contribution in [0.25, 0.3) is 0 Å². The highest BCUT2D eigenvalue weighted by Gasteiger charge is 2.28. The number of nitrogens with zero attached hydrogens (tertiary/aromatic N) is 1. The molecule has 1 N–H and O–H groups in total. The fourth-order valence-electron chi connectivity index (χ4n) is 2.00. The van der Waals surface area contributed by atoms with Crippen molar-refractivity contribution in [2.45, 2.75) is 41.3 Å². The molecule has 4 nitrogen and oxygen atoms in total. The Kier molecular flexibility index (Phi) is 4.28. The van der Waals surface area contributed by atoms with Crippen molar-refractivity contribution in [2.24, 2.45) is 0 Å². The van der Waals surface area contributed by atoms with E-state index < -0.39 is 10.0 Å². The molecule has 1 fully saturated rings. The van der Waals surface area contributed by atoms with Crippen molar-refractivity contribution in [2.75, 3.05) is 0 Å². The monoisotopic (exact) mass is 304 g/mol. The van der Waals surface area contributed by atoms with Crippen LogP contribution in [-0.4, -0.2) is 19.8 Å². The second-order valence-corrected chi connectivity index (χ2v) is 7.84. The van der Waals surface area contributed by atoms with Gasteiger partial charge in [0.25, 0.3) is 0 Å². The second kappa shape index (κ2) is 5.57. The fourth-order valence-corrected chi connectivity index (χ4v) is 4.85. The van der Waals surface area contributed by atoms with E-state index in [1.165, 1.54) is 12.1 Å². The number of halogens is 1. The van der Waals surface area contributed by atoms with Crippen LogP contribution in [-0.2, 0) is 10.0 Å². The summed E-state index contributed by atoms with van der Waals surface area (Å²) in [6.07, 6.45) is 3.64. The lowest BCUT2D eigenvalue weighted by Crippen LogP contribution is -2.42. The molecule has 0 saturated heterocycles. The first kappa shape index (κ1) is 13.8. The molecule has 1 saturated carbocycles. The molecule has 2 rings (SSSR count). The highest BCUT2D eigenvalue weighted by atomic mass is 35.5. The molecule has 2 atom stereocenters. The topological polar surface area (TPSA) is 70.0 Å². The van der Waals surface area contributed by atoms with Gasteiger partial charge in [-0.2, -0.15) is 5.26 Å². The van der Waals surface area contributed by atoms with E-state index in [9.17, 15) is 8.42 Å². The molecule has 7 heteroatoms. The number of alkyl halides is 1. The third kappa shape index (κ3) is 3.04. The van der Waals surface area contributed by atoms with Gasteiger partial charge in [0, 0.05) is 11.4 Å². The van der Waals surface area contributed by atoms with E-state index in [1.54, 1.807) is 0 Å². The van der Waals surface area contributed by atoms with Gasteiger partial charge in [-0.15, -0.1) is 22.9 Å². The lowest BCUT2D eigenvalue weighted by atomic mass is 9.96. The van der Waals surface area contributed by atoms with Crippen molar-refractivity contribution in [1.29, 1.82) is 5.26 Å². The van der Waals surface area contributed by atoms with E-state index in [0.29, 0.717) is 4.88 Å². The summed E-state index contributed by atoms with van der Waals surface area (Å²) >= 11 is 7.11. The molecule has 1 aliphatic carbocycles. The third-order valence-corrected chi connectivity index (χ3v) is 6.44. The first-order valence-corrected chi connectivity index (χ1v) is 8.43. The number of rotatable bonds is 3. The Morgan fingerprint density at radius 1 is 1.39 bits per heavy atom. The summed E-state index contributed by atoms with van der Waals surface area (Å²) in [5.74, 6) is 0. The zero-order valence-electron chi connectivity index (χ0n) is 9.60. The largest absolute Gasteiger partial charge is 0.250 e. The maximum Gasteiger partial charge on any atom is 0.250 e. The SMILES string of the molecule is N#Cc1ccc(S(=O)(=O)NC2CCCCC2Cl)s1. The Morgan fingerprint density at radius 3 is 2.72 bits per heavy atom. The highest BCUT2D eigenvalue weighted by molar-refractivity contribution is 7.91. The van der Waals surface area contributed by atoms with Gasteiger partial charge in [-0.1, -0.05) is 12.8 Å². The molecule has 0 amide bonds. The molecule has 0 spiro atoms. The molecule has 18 heavy (non-hydrogen) atoms. The van der Waals surface area contributed by atoms with Crippen LogP contribution in [0.1, 0.15) is 30.6 Å². The number of nitrogens with one attached hydrogen (secondary N) is 1. The van der Waals surface area contributed by atoms with Gasteiger partial charge in [0.05, 0.1) is 0 Å². The van der Waals surface area contributed by atoms with Crippen molar-refractivity contribution in [3.05, 3.63) is 17.0 Å². The molecule has 0 aromatic carbocycles. The van der Waals surface area contributed by atoms with E-state index >= 15 is 0 Å². The summed E-state index contributed by atoms with van der Waals surface area (Å²) < 4.78 is 27.0. The first-order chi connectivity index (χ1) is 8.53. The Labute approximate surface area is 116 Å². The van der Waals surface area contributed by atoms with Gasteiger partial charge < -0.3 is 0 Å². The number of hydrogen-bond acceptors (Lipinski definition) is 4. The summed E-state index contributed by atoms with van der Waals surface area (Å²) in [5, 5.41) is 8.56. The molecule has 1 aliphatic rings. The number of hydrogen-bond donors (Lipinski definition) is 1. The van der Waals surface area contributed by atoms with Crippen LogP contribution in [0.5, 0.6) is 0 Å². The summed E-state index contributed by atoms with van der Waals surface area (Å²) in [4.78, 5) is 0.390. The zero-order chi connectivity index (χ0) is 13.2. The predicted octanol–water partition coefficient (Wildman–Crippen LogP) is 2.45. The summed E-state index contributed by atoms with van der Waals surface area (Å²) in [6.45, 7) is 0. The Morgan fingerprint density at radius 2 is 2.11 bits per heavy atom. The lowest BCUT2D eigenvalue weighted by Gasteiger charge is -2.27. The maximum absolute atomic E-state index is 12.1. The minimum atomic E-state index is -3.55. The van der Waals surface area contributed by atoms with Crippen LogP contribution >= 0.6 is 22.9 Å². The average molecular weight is 305 g/mol. The van der Waals surface area contributed by atoms with Crippen molar-refractivity contribution in [1.82, 2.24) is 4.72 Å². The molecule has 1 heterocycles. The Hall–Kier alpha value is -0.610. The quantitative estimate of drug-likeness (QED) is 0.872. The number of sulfonamides is 1. The molecule has 0 radical (unpaired) electrons. The first-order valence-electron chi connectivity index (χ1n) is 5.69. The minimum Gasteiger partial charge on any atom is -0.206 e. The van der Waals surface area contributed by atoms with Gasteiger partial charge in [-0.25, -0.2) is 13.1 Å². The molecule has 98 valence electrons. The predicted molar refractivity (Wildman–Crippen MR) is 71.3 cm³/mol. The molecule has 2 unspecified atom stereocenters. The minimum absolute atomic E-state index is 0.149. The van der Waals surface area contributed by atoms with Crippen molar-refractivity contribution < 1.29 is 8.42 Å². The van der Waals surface area contributed by atoms with E-state index in [0.717, 1.165) is 37.0 Å². The van der Waals surface area contributed by atoms with E-state index in [1.807, 2.05) is 6.07 Å². The maximum atomic E-state index is 12.1. The standard InChI is InChI=1S/C11H13ClN2O2S2/c12-9-3-1-2-4-10(9)14-18(15,16)11-6-5-8(7-13)17-11/h5-6,9-10,14H,1-4H2. The number of thiophene rings is 1. The fraction of sp³-hybridized carbons (Fsp3) is 0.545. The van der Waals surface area contributed by atoms with Crippen LogP contribution in [0.2, 0.25) is 0 Å². The van der Waals surface area contributed by atoms with E-state index in [4.69, 9.17) is 16.9 Å². The zero-order valence-corrected chi connectivity index (χ0v) is 12.0. The summed E-state index contributed by atoms with van der Waals surface area (Å²) in [7, 11) is -3.55. The second-order valence-electron chi connectivity index (χ2n) is 4.26. The van der Waals surface area contributed by atoms with Gasteiger partial charge in [0.2, 0.25) is 10.0 Å². The van der Waals surface area contributed by atoms with Gasteiger partial charge in [0.15, 0.2) is 0 Å². The van der Waals surface area contributed by atoms with Crippen molar-refractivity contribution in [3.8, 4) is 6.07 Å². The lowest BCUT2D eigenvalue weighted by molar-refractivity contribution is 0.418. The molecule has 0 bridgehead atoms. The Bertz CT molecular complexity index is 562. The summed E-state index contributed by atoms with van der Waals surface area (Å²) in [5.41, 5.74) is 0. The van der Waals surface area contributed by atoms with Gasteiger partial charge in [-0.3, -0.25) is 0 Å². The van der Waals surface area contributed by atoms with Crippen LogP contribution in [0.15, 0.2) is 16.3 Å². The Balaban J connectivity index is 2.14. The van der Waals surface area contributed by atoms with E-state index in [2.05, 4.69) is 4.72 Å². The van der Waals surface area contributed by atoms with E-state index in [-0.39, 0.29) is 15.6 Å². The molecule has 1 aromatic heterocycles. The van der Waals surface area contributed by atoms with Crippen LogP contribution in [0.4, 0.5) is 0 Å². The third-order valence-electron chi connectivity index (χ3n) is 2.94.